The number of thiocarbonyl (C=S) groups is 1. The van der Waals surface area contributed by atoms with Crippen molar-refractivity contribution in [3.63, 3.8) is 0 Å². The molecule has 33 heavy (non-hydrogen) atoms. The van der Waals surface area contributed by atoms with Crippen LogP contribution in [0.5, 0.6) is 0 Å². The second-order valence-electron chi connectivity index (χ2n) is 7.86. The number of hydrogen-bond acceptors (Lipinski definition) is 7. The van der Waals surface area contributed by atoms with Crippen LogP contribution in [0.25, 0.3) is 11.7 Å². The van der Waals surface area contributed by atoms with E-state index in [1.54, 1.807) is 17.2 Å². The Morgan fingerprint density at radius 2 is 2.06 bits per heavy atom. The summed E-state index contributed by atoms with van der Waals surface area (Å²) in [5.41, 5.74) is 1.67. The fourth-order valence-corrected chi connectivity index (χ4v) is 6.04. The molecule has 1 atom stereocenters. The van der Waals surface area contributed by atoms with Gasteiger partial charge in [0.05, 0.1) is 23.1 Å². The predicted octanol–water partition coefficient (Wildman–Crippen LogP) is 4.53. The number of amides is 1. The number of benzene rings is 1. The van der Waals surface area contributed by atoms with Gasteiger partial charge in [0.15, 0.2) is 0 Å². The Labute approximate surface area is 205 Å². The van der Waals surface area contributed by atoms with Gasteiger partial charge in [0.25, 0.3) is 11.5 Å². The second-order valence-corrected chi connectivity index (χ2v) is 10.6. The van der Waals surface area contributed by atoms with Crippen molar-refractivity contribution in [1.29, 1.82) is 0 Å². The molecule has 2 aliphatic rings. The Morgan fingerprint density at radius 1 is 1.24 bits per heavy atom. The highest BCUT2D eigenvalue weighted by atomic mass is 32.2. The molecule has 168 valence electrons. The molecule has 0 aliphatic carbocycles. The van der Waals surface area contributed by atoms with E-state index >= 15 is 0 Å². The smallest absolute Gasteiger partial charge is 0.266 e. The van der Waals surface area contributed by atoms with E-state index in [4.69, 9.17) is 21.9 Å². The van der Waals surface area contributed by atoms with Crippen LogP contribution in [-0.2, 0) is 9.53 Å². The predicted molar refractivity (Wildman–Crippen MR) is 136 cm³/mol. The number of thioether (sulfide) groups is 1. The molecule has 6 nitrogen and oxygen atoms in total. The van der Waals surface area contributed by atoms with Gasteiger partial charge in [-0.3, -0.25) is 18.9 Å². The minimum atomic E-state index is -0.216. The maximum atomic E-state index is 13.5. The molecule has 5 rings (SSSR count). The van der Waals surface area contributed by atoms with E-state index in [-0.39, 0.29) is 17.6 Å². The van der Waals surface area contributed by atoms with Crippen molar-refractivity contribution < 1.29 is 9.53 Å². The number of ether oxygens (including phenoxy) is 1. The topological polar surface area (TPSA) is 63.9 Å². The molecule has 2 fully saturated rings. The number of aromatic nitrogens is 2. The zero-order valence-electron chi connectivity index (χ0n) is 17.9. The van der Waals surface area contributed by atoms with Gasteiger partial charge in [-0.15, -0.1) is 0 Å². The normalized spacial score (nSPS) is 19.8. The molecule has 1 aromatic carbocycles. The maximum Gasteiger partial charge on any atom is 0.266 e. The van der Waals surface area contributed by atoms with E-state index in [0.29, 0.717) is 38.6 Å². The number of carbonyl (C=O) groups is 1. The van der Waals surface area contributed by atoms with Crippen LogP contribution in [0.4, 0.5) is 0 Å². The van der Waals surface area contributed by atoms with E-state index in [0.717, 1.165) is 23.3 Å². The number of carbonyl (C=O) groups excluding carboxylic acids is 1. The number of hydrogen-bond donors (Lipinski definition) is 0. The fourth-order valence-electron chi connectivity index (χ4n) is 3.87. The van der Waals surface area contributed by atoms with Gasteiger partial charge < -0.3 is 4.74 Å². The van der Waals surface area contributed by atoms with Crippen molar-refractivity contribution >= 4 is 57.7 Å². The van der Waals surface area contributed by atoms with Crippen molar-refractivity contribution in [2.24, 2.45) is 0 Å². The summed E-state index contributed by atoms with van der Waals surface area (Å²) >= 11 is 8.11. The van der Waals surface area contributed by atoms with Gasteiger partial charge in [-0.05, 0) is 49.6 Å². The number of nitrogens with zero attached hydrogens (tertiary/aromatic N) is 3. The molecule has 0 saturated carbocycles. The van der Waals surface area contributed by atoms with Crippen molar-refractivity contribution in [1.82, 2.24) is 14.3 Å². The number of aryl methyl sites for hydroxylation is 1. The lowest BCUT2D eigenvalue weighted by atomic mass is 10.2. The molecular weight excluding hydrogens is 474 g/mol. The summed E-state index contributed by atoms with van der Waals surface area (Å²) in [7, 11) is 0. The first-order chi connectivity index (χ1) is 16.0. The van der Waals surface area contributed by atoms with Crippen LogP contribution in [0.2, 0.25) is 0 Å². The van der Waals surface area contributed by atoms with Gasteiger partial charge in [-0.25, -0.2) is 4.98 Å². The van der Waals surface area contributed by atoms with Gasteiger partial charge >= 0.3 is 0 Å². The molecule has 2 aliphatic heterocycles. The highest BCUT2D eigenvalue weighted by Gasteiger charge is 2.35. The molecule has 2 aromatic heterocycles. The van der Waals surface area contributed by atoms with Crippen LogP contribution >= 0.6 is 35.7 Å². The van der Waals surface area contributed by atoms with Gasteiger partial charge in [-0.2, -0.15) is 0 Å². The molecule has 3 aromatic rings. The minimum absolute atomic E-state index is 0.00647. The summed E-state index contributed by atoms with van der Waals surface area (Å²) in [6.07, 6.45) is 5.27. The molecule has 0 spiro atoms. The van der Waals surface area contributed by atoms with Crippen LogP contribution in [0, 0.1) is 6.92 Å². The van der Waals surface area contributed by atoms with E-state index in [2.05, 4.69) is 0 Å². The molecule has 0 bridgehead atoms. The summed E-state index contributed by atoms with van der Waals surface area (Å²) in [6.45, 7) is 3.09. The molecule has 1 unspecified atom stereocenters. The van der Waals surface area contributed by atoms with Gasteiger partial charge in [0.1, 0.15) is 15.0 Å². The Hall–Kier alpha value is -2.46. The molecule has 4 heterocycles. The summed E-state index contributed by atoms with van der Waals surface area (Å²) in [5.74, 6) is -0.190. The highest BCUT2D eigenvalue weighted by molar-refractivity contribution is 8.26. The third-order valence-corrected chi connectivity index (χ3v) is 7.96. The van der Waals surface area contributed by atoms with Crippen molar-refractivity contribution in [2.75, 3.05) is 13.2 Å². The van der Waals surface area contributed by atoms with E-state index in [1.165, 1.54) is 27.9 Å². The summed E-state index contributed by atoms with van der Waals surface area (Å²) < 4.78 is 7.70. The standard InChI is InChI=1S/C24H21N3O3S3/c1-15-7-5-11-26-20(15)25-21(32-17-9-3-2-4-10-17)18(22(26)28)13-19-23(29)27(24(31)33-19)14-16-8-6-12-30-16/h2-5,7,9-11,13,16H,6,8,12,14H2,1H3/b19-13-. The second kappa shape index (κ2) is 9.42. The third-order valence-electron chi connectivity index (χ3n) is 5.57. The van der Waals surface area contributed by atoms with Crippen molar-refractivity contribution in [3.8, 4) is 0 Å². The zero-order chi connectivity index (χ0) is 22.9. The summed E-state index contributed by atoms with van der Waals surface area (Å²) in [6, 6.07) is 13.5. The van der Waals surface area contributed by atoms with Crippen LogP contribution in [-0.4, -0.2) is 43.8 Å². The Kier molecular flexibility index (Phi) is 6.38. The molecule has 1 amide bonds. The van der Waals surface area contributed by atoms with Crippen LogP contribution in [0.3, 0.4) is 0 Å². The minimum Gasteiger partial charge on any atom is -0.376 e. The molecule has 2 saturated heterocycles. The average molecular weight is 496 g/mol. The first kappa shape index (κ1) is 22.3. The van der Waals surface area contributed by atoms with E-state index in [9.17, 15) is 9.59 Å². The lowest BCUT2D eigenvalue weighted by molar-refractivity contribution is -0.123. The number of pyridine rings is 1. The quantitative estimate of drug-likeness (QED) is 0.293. The maximum absolute atomic E-state index is 13.5. The lowest BCUT2D eigenvalue weighted by Gasteiger charge is -2.18. The average Bonchev–Trinajstić information content (AvgIpc) is 3.42. The fraction of sp³-hybridized carbons (Fsp3) is 0.250. The summed E-state index contributed by atoms with van der Waals surface area (Å²) in [4.78, 5) is 34.5. The first-order valence-electron chi connectivity index (χ1n) is 10.6. The molecule has 0 N–H and O–H groups in total. The molecule has 9 heteroatoms. The third kappa shape index (κ3) is 4.50. The number of rotatable bonds is 5. The Bertz CT molecular complexity index is 1330. The monoisotopic (exact) mass is 495 g/mol. The first-order valence-corrected chi connectivity index (χ1v) is 12.7. The largest absolute Gasteiger partial charge is 0.376 e. The molecular formula is C24H21N3O3S3. The molecule has 0 radical (unpaired) electrons. The van der Waals surface area contributed by atoms with E-state index in [1.807, 2.05) is 49.4 Å². The van der Waals surface area contributed by atoms with E-state index < -0.39 is 0 Å². The zero-order valence-corrected chi connectivity index (χ0v) is 20.3. The SMILES string of the molecule is Cc1cccn2c(=O)c(/C=C3\SC(=S)N(CC4CCCO4)C3=O)c(Sc3ccccc3)nc12. The lowest BCUT2D eigenvalue weighted by Crippen LogP contribution is -2.35. The van der Waals surface area contributed by atoms with Crippen molar-refractivity contribution in [3.05, 3.63) is 75.0 Å². The number of fused-ring (bicyclic) bond motifs is 1. The highest BCUT2D eigenvalue weighted by Crippen LogP contribution is 2.35. The summed E-state index contributed by atoms with van der Waals surface area (Å²) in [5, 5.41) is 0.560. The van der Waals surface area contributed by atoms with Gasteiger partial charge in [-0.1, -0.05) is 60.0 Å². The Morgan fingerprint density at radius 3 is 2.82 bits per heavy atom. The van der Waals surface area contributed by atoms with Crippen molar-refractivity contribution in [2.45, 2.75) is 35.8 Å². The van der Waals surface area contributed by atoms with Gasteiger partial charge in [0, 0.05) is 17.7 Å². The Balaban J connectivity index is 1.58. The van der Waals surface area contributed by atoms with Gasteiger partial charge in [0.2, 0.25) is 0 Å². The van der Waals surface area contributed by atoms with Crippen LogP contribution in [0.15, 0.2) is 68.3 Å². The van der Waals surface area contributed by atoms with Crippen LogP contribution < -0.4 is 5.56 Å². The van der Waals surface area contributed by atoms with Crippen LogP contribution in [0.1, 0.15) is 24.0 Å².